The predicted molar refractivity (Wildman–Crippen MR) is 127 cm³/mol. The molecular weight excluding hydrogens is 442 g/mol. The van der Waals surface area contributed by atoms with E-state index in [2.05, 4.69) is 25.5 Å². The highest BCUT2D eigenvalue weighted by atomic mass is 32.2. The summed E-state index contributed by atoms with van der Waals surface area (Å²) >= 11 is 3.11. The van der Waals surface area contributed by atoms with Crippen molar-refractivity contribution in [1.82, 2.24) is 25.5 Å². The summed E-state index contributed by atoms with van der Waals surface area (Å²) in [5.41, 5.74) is 3.58. The minimum absolute atomic E-state index is 0.199. The molecule has 32 heavy (non-hydrogen) atoms. The van der Waals surface area contributed by atoms with E-state index >= 15 is 0 Å². The fourth-order valence-electron chi connectivity index (χ4n) is 3.56. The highest BCUT2D eigenvalue weighted by molar-refractivity contribution is 8.00. The molecule has 0 atom stereocenters. The number of amides is 1. The molecule has 9 heteroatoms. The third-order valence-electron chi connectivity index (χ3n) is 5.07. The lowest BCUT2D eigenvalue weighted by atomic mass is 10.1. The van der Waals surface area contributed by atoms with Crippen LogP contribution in [-0.2, 0) is 12.2 Å². The average Bonchev–Trinajstić information content (AvgIpc) is 3.51. The Hall–Kier alpha value is -3.17. The van der Waals surface area contributed by atoms with Crippen molar-refractivity contribution < 1.29 is 9.21 Å². The van der Waals surface area contributed by atoms with Gasteiger partial charge in [-0.1, -0.05) is 53.4 Å². The first-order valence-corrected chi connectivity index (χ1v) is 12.1. The Morgan fingerprint density at radius 1 is 1.16 bits per heavy atom. The number of H-pyrrole nitrogens is 1. The molecule has 0 spiro atoms. The van der Waals surface area contributed by atoms with Crippen LogP contribution >= 0.6 is 23.1 Å². The van der Waals surface area contributed by atoms with Gasteiger partial charge in [-0.3, -0.25) is 4.79 Å². The summed E-state index contributed by atoms with van der Waals surface area (Å²) in [4.78, 5) is 20.8. The van der Waals surface area contributed by atoms with Crippen LogP contribution in [0.25, 0.3) is 22.0 Å². The number of carbonyl (C=O) groups is 1. The van der Waals surface area contributed by atoms with Gasteiger partial charge in [-0.15, -0.1) is 10.2 Å². The van der Waals surface area contributed by atoms with Gasteiger partial charge in [-0.2, -0.15) is 0 Å². The van der Waals surface area contributed by atoms with Gasteiger partial charge in [-0.25, -0.2) is 4.98 Å². The molecule has 0 unspecified atom stereocenters. The van der Waals surface area contributed by atoms with Crippen LogP contribution in [0.1, 0.15) is 33.4 Å². The van der Waals surface area contributed by atoms with Gasteiger partial charge in [0.25, 0.3) is 5.91 Å². The molecule has 0 saturated heterocycles. The van der Waals surface area contributed by atoms with Crippen LogP contribution in [0.4, 0.5) is 0 Å². The minimum atomic E-state index is -0.199. The van der Waals surface area contributed by atoms with E-state index in [4.69, 9.17) is 4.42 Å². The molecule has 0 fully saturated rings. The van der Waals surface area contributed by atoms with Crippen molar-refractivity contribution in [2.45, 2.75) is 29.9 Å². The van der Waals surface area contributed by atoms with Gasteiger partial charge in [0, 0.05) is 29.7 Å². The van der Waals surface area contributed by atoms with E-state index in [0.717, 1.165) is 50.0 Å². The molecule has 0 radical (unpaired) electrons. The molecule has 0 aliphatic carbocycles. The number of aromatic amines is 1. The maximum Gasteiger partial charge on any atom is 0.287 e. The number of imidazole rings is 1. The molecule has 0 aliphatic rings. The second-order valence-electron chi connectivity index (χ2n) is 7.34. The highest BCUT2D eigenvalue weighted by Crippen LogP contribution is 2.33. The van der Waals surface area contributed by atoms with Gasteiger partial charge < -0.3 is 14.7 Å². The number of hydrogen-bond donors (Lipinski definition) is 2. The molecule has 5 aromatic rings. The van der Waals surface area contributed by atoms with Crippen LogP contribution in [-0.4, -0.2) is 32.6 Å². The smallest absolute Gasteiger partial charge is 0.287 e. The molecule has 3 aromatic heterocycles. The second kappa shape index (κ2) is 9.13. The van der Waals surface area contributed by atoms with Crippen molar-refractivity contribution in [3.8, 4) is 0 Å². The molecule has 2 aromatic carbocycles. The molecule has 0 saturated carbocycles. The van der Waals surface area contributed by atoms with Crippen molar-refractivity contribution >= 4 is 51.0 Å². The quantitative estimate of drug-likeness (QED) is 0.245. The summed E-state index contributed by atoms with van der Waals surface area (Å²) in [6.07, 6.45) is 1.54. The molecular formula is C23H21N5O2S2. The fraction of sp³-hybridized carbons (Fsp3) is 0.217. The molecule has 7 nitrogen and oxygen atoms in total. The van der Waals surface area contributed by atoms with Crippen LogP contribution in [0.5, 0.6) is 0 Å². The van der Waals surface area contributed by atoms with Crippen molar-refractivity contribution in [1.29, 1.82) is 0 Å². The van der Waals surface area contributed by atoms with E-state index < -0.39 is 0 Å². The summed E-state index contributed by atoms with van der Waals surface area (Å²) in [6.45, 7) is 2.47. The van der Waals surface area contributed by atoms with Gasteiger partial charge in [0.1, 0.15) is 16.4 Å². The monoisotopic (exact) mass is 463 g/mol. The number of nitrogens with zero attached hydrogens (tertiary/aromatic N) is 3. The lowest BCUT2D eigenvalue weighted by Crippen LogP contribution is -2.25. The van der Waals surface area contributed by atoms with Crippen LogP contribution in [0.2, 0.25) is 0 Å². The number of thioether (sulfide) groups is 1. The SMILES string of the molecule is Cc1nnc(SCc2c(C(=O)NCCCc3nc4ccccc4[nH]3)oc3ccccc23)s1. The zero-order valence-corrected chi connectivity index (χ0v) is 19.1. The standard InChI is InChI=1S/C23H21N5O2S2/c1-14-27-28-23(32-14)31-13-16-15-7-2-5-10-19(15)30-21(16)22(29)24-12-6-11-20-25-17-8-3-4-9-18(17)26-20/h2-5,7-10H,6,11-13H2,1H3,(H,24,29)(H,25,26). The number of nitrogens with one attached hydrogen (secondary N) is 2. The van der Waals surface area contributed by atoms with Crippen LogP contribution in [0.3, 0.4) is 0 Å². The van der Waals surface area contributed by atoms with Gasteiger partial charge >= 0.3 is 0 Å². The Bertz CT molecular complexity index is 1350. The molecule has 5 rings (SSSR count). The Morgan fingerprint density at radius 2 is 2.00 bits per heavy atom. The van der Waals surface area contributed by atoms with Crippen LogP contribution in [0, 0.1) is 6.92 Å². The second-order valence-corrected chi connectivity index (χ2v) is 9.75. The summed E-state index contributed by atoms with van der Waals surface area (Å²) < 4.78 is 6.81. The van der Waals surface area contributed by atoms with Crippen LogP contribution < -0.4 is 5.32 Å². The lowest BCUT2D eigenvalue weighted by molar-refractivity contribution is 0.0926. The number of hydrogen-bond acceptors (Lipinski definition) is 7. The molecule has 0 aliphatic heterocycles. The zero-order chi connectivity index (χ0) is 21.9. The normalized spacial score (nSPS) is 11.4. The molecule has 2 N–H and O–H groups in total. The van der Waals surface area contributed by atoms with E-state index in [9.17, 15) is 4.79 Å². The van der Waals surface area contributed by atoms with Gasteiger partial charge in [-0.05, 0) is 31.5 Å². The first-order chi connectivity index (χ1) is 15.7. The first kappa shape index (κ1) is 20.7. The predicted octanol–water partition coefficient (Wildman–Crippen LogP) is 5.12. The lowest BCUT2D eigenvalue weighted by Gasteiger charge is -2.05. The molecule has 162 valence electrons. The number of para-hydroxylation sites is 3. The number of furan rings is 1. The topological polar surface area (TPSA) is 96.7 Å². The Kier molecular flexibility index (Phi) is 5.91. The first-order valence-electron chi connectivity index (χ1n) is 10.3. The van der Waals surface area contributed by atoms with Crippen molar-refractivity contribution in [3.63, 3.8) is 0 Å². The maximum absolute atomic E-state index is 12.9. The highest BCUT2D eigenvalue weighted by Gasteiger charge is 2.21. The van der Waals surface area contributed by atoms with Crippen molar-refractivity contribution in [2.75, 3.05) is 6.54 Å². The molecule has 1 amide bonds. The van der Waals surface area contributed by atoms with E-state index in [-0.39, 0.29) is 5.91 Å². The van der Waals surface area contributed by atoms with Crippen molar-refractivity contribution in [2.24, 2.45) is 0 Å². The number of rotatable bonds is 8. The third kappa shape index (κ3) is 4.39. The largest absolute Gasteiger partial charge is 0.451 e. The van der Waals surface area contributed by atoms with Gasteiger partial charge in [0.15, 0.2) is 10.1 Å². The minimum Gasteiger partial charge on any atom is -0.451 e. The van der Waals surface area contributed by atoms with Crippen molar-refractivity contribution in [3.05, 3.63) is 70.7 Å². The maximum atomic E-state index is 12.9. The number of fused-ring (bicyclic) bond motifs is 2. The van der Waals surface area contributed by atoms with Crippen LogP contribution in [0.15, 0.2) is 57.3 Å². The van der Waals surface area contributed by atoms with E-state index in [1.165, 1.54) is 0 Å². The summed E-state index contributed by atoms with van der Waals surface area (Å²) in [6, 6.07) is 15.7. The number of aryl methyl sites for hydroxylation is 2. The zero-order valence-electron chi connectivity index (χ0n) is 17.4. The summed E-state index contributed by atoms with van der Waals surface area (Å²) in [7, 11) is 0. The molecule has 3 heterocycles. The number of aromatic nitrogens is 4. The number of carbonyl (C=O) groups excluding carboxylic acids is 1. The van der Waals surface area contributed by atoms with E-state index in [0.29, 0.717) is 23.6 Å². The third-order valence-corrected chi connectivity index (χ3v) is 7.06. The van der Waals surface area contributed by atoms with E-state index in [1.807, 2.05) is 55.5 Å². The Balaban J connectivity index is 1.25. The average molecular weight is 464 g/mol. The van der Waals surface area contributed by atoms with Gasteiger partial charge in [0.05, 0.1) is 11.0 Å². The Labute approximate surface area is 192 Å². The fourth-order valence-corrected chi connectivity index (χ4v) is 5.40. The summed E-state index contributed by atoms with van der Waals surface area (Å²) in [5, 5.41) is 13.1. The number of benzene rings is 2. The molecule has 0 bridgehead atoms. The Morgan fingerprint density at radius 3 is 2.84 bits per heavy atom. The van der Waals surface area contributed by atoms with Gasteiger partial charge in [0.2, 0.25) is 0 Å². The van der Waals surface area contributed by atoms with E-state index in [1.54, 1.807) is 23.1 Å². The summed E-state index contributed by atoms with van der Waals surface area (Å²) in [5.74, 6) is 1.68.